The van der Waals surface area contributed by atoms with Crippen molar-refractivity contribution in [2.45, 2.75) is 12.8 Å². The van der Waals surface area contributed by atoms with Crippen molar-refractivity contribution in [3.05, 3.63) is 55.5 Å². The van der Waals surface area contributed by atoms with Crippen LogP contribution in [0, 0.1) is 16.0 Å². The molecular formula is C19H16BrClN2O5. The van der Waals surface area contributed by atoms with Gasteiger partial charge in [-0.05, 0) is 59.0 Å². The summed E-state index contributed by atoms with van der Waals surface area (Å²) in [6, 6.07) is 7.74. The molecule has 0 bridgehead atoms. The molecular weight excluding hydrogens is 452 g/mol. The van der Waals surface area contributed by atoms with Gasteiger partial charge in [0.05, 0.1) is 15.1 Å². The lowest BCUT2D eigenvalue weighted by atomic mass is 10.1. The molecule has 1 heterocycles. The molecule has 7 nitrogen and oxygen atoms in total. The van der Waals surface area contributed by atoms with Crippen LogP contribution in [0.1, 0.15) is 23.2 Å². The van der Waals surface area contributed by atoms with Crippen LogP contribution in [0.3, 0.4) is 0 Å². The van der Waals surface area contributed by atoms with E-state index in [9.17, 15) is 14.9 Å². The van der Waals surface area contributed by atoms with Gasteiger partial charge in [0.15, 0.2) is 11.5 Å². The number of ether oxygens (including phenoxy) is 2. The van der Waals surface area contributed by atoms with E-state index < -0.39 is 4.92 Å². The Balaban J connectivity index is 1.72. The van der Waals surface area contributed by atoms with E-state index in [0.717, 1.165) is 12.8 Å². The lowest BCUT2D eigenvalue weighted by Gasteiger charge is -2.25. The second-order valence-corrected chi connectivity index (χ2v) is 8.00. The van der Waals surface area contributed by atoms with Crippen molar-refractivity contribution >= 4 is 44.8 Å². The average Bonchev–Trinajstić information content (AvgIpc) is 3.50. The zero-order valence-corrected chi connectivity index (χ0v) is 17.0. The highest BCUT2D eigenvalue weighted by molar-refractivity contribution is 9.10. The van der Waals surface area contributed by atoms with Crippen LogP contribution in [0.4, 0.5) is 11.4 Å². The van der Waals surface area contributed by atoms with Crippen molar-refractivity contribution in [2.24, 2.45) is 5.92 Å². The van der Waals surface area contributed by atoms with Crippen LogP contribution in [0.5, 0.6) is 11.5 Å². The van der Waals surface area contributed by atoms with Gasteiger partial charge in [0, 0.05) is 18.2 Å². The van der Waals surface area contributed by atoms with Crippen LogP contribution in [-0.2, 0) is 0 Å². The minimum Gasteiger partial charge on any atom is -0.486 e. The normalized spacial score (nSPS) is 15.2. The molecule has 2 aromatic rings. The molecule has 2 aliphatic rings. The molecule has 0 saturated heterocycles. The predicted octanol–water partition coefficient (Wildman–Crippen LogP) is 4.84. The summed E-state index contributed by atoms with van der Waals surface area (Å²) in [5.41, 5.74) is 0.629. The molecule has 1 saturated carbocycles. The number of anilines is 1. The third-order valence-electron chi connectivity index (χ3n) is 4.66. The monoisotopic (exact) mass is 466 g/mol. The molecule has 146 valence electrons. The maximum Gasteiger partial charge on any atom is 0.289 e. The molecule has 0 spiro atoms. The zero-order valence-electron chi connectivity index (χ0n) is 14.7. The van der Waals surface area contributed by atoms with Crippen LogP contribution < -0.4 is 14.4 Å². The summed E-state index contributed by atoms with van der Waals surface area (Å²) in [6.45, 7) is 1.34. The van der Waals surface area contributed by atoms with E-state index in [1.165, 1.54) is 12.1 Å². The summed E-state index contributed by atoms with van der Waals surface area (Å²) in [4.78, 5) is 25.6. The van der Waals surface area contributed by atoms with Gasteiger partial charge in [0.1, 0.15) is 18.2 Å². The SMILES string of the molecule is O=C(c1cc(Br)c2c(c1)OCCO2)N(CC1CC1)c1ccc(Cl)c([N+](=O)[O-])c1. The molecule has 1 aliphatic carbocycles. The fraction of sp³-hybridized carbons (Fsp3) is 0.316. The molecule has 9 heteroatoms. The number of amides is 1. The number of nitro benzene ring substituents is 1. The number of carbonyl (C=O) groups is 1. The van der Waals surface area contributed by atoms with Gasteiger partial charge in [0.25, 0.3) is 11.6 Å². The first-order valence-corrected chi connectivity index (χ1v) is 9.96. The number of halogens is 2. The molecule has 2 aromatic carbocycles. The number of nitro groups is 1. The molecule has 0 atom stereocenters. The number of benzene rings is 2. The quantitative estimate of drug-likeness (QED) is 0.464. The van der Waals surface area contributed by atoms with Gasteiger partial charge in [0.2, 0.25) is 0 Å². The molecule has 4 rings (SSSR count). The number of hydrogen-bond acceptors (Lipinski definition) is 5. The van der Waals surface area contributed by atoms with Gasteiger partial charge in [-0.1, -0.05) is 11.6 Å². The Morgan fingerprint density at radius 1 is 1.25 bits per heavy atom. The number of carbonyl (C=O) groups excluding carboxylic acids is 1. The largest absolute Gasteiger partial charge is 0.486 e. The van der Waals surface area contributed by atoms with Gasteiger partial charge in [-0.3, -0.25) is 14.9 Å². The third kappa shape index (κ3) is 3.79. The fourth-order valence-electron chi connectivity index (χ4n) is 3.06. The Hall–Kier alpha value is -2.32. The summed E-state index contributed by atoms with van der Waals surface area (Å²) in [6.07, 6.45) is 2.06. The van der Waals surface area contributed by atoms with Crippen molar-refractivity contribution in [1.82, 2.24) is 0 Å². The lowest BCUT2D eigenvalue weighted by Crippen LogP contribution is -2.33. The fourth-order valence-corrected chi connectivity index (χ4v) is 3.81. The van der Waals surface area contributed by atoms with Crippen LogP contribution in [0.25, 0.3) is 0 Å². The molecule has 1 amide bonds. The minimum atomic E-state index is -0.549. The van der Waals surface area contributed by atoms with Crippen molar-refractivity contribution in [2.75, 3.05) is 24.7 Å². The Bertz CT molecular complexity index is 964. The topological polar surface area (TPSA) is 81.9 Å². The number of fused-ring (bicyclic) bond motifs is 1. The molecule has 28 heavy (non-hydrogen) atoms. The van der Waals surface area contributed by atoms with E-state index in [4.69, 9.17) is 21.1 Å². The van der Waals surface area contributed by atoms with E-state index in [1.807, 2.05) is 0 Å². The second kappa shape index (κ2) is 7.60. The summed E-state index contributed by atoms with van der Waals surface area (Å²) in [5, 5.41) is 11.3. The van der Waals surface area contributed by atoms with E-state index >= 15 is 0 Å². The van der Waals surface area contributed by atoms with Crippen LogP contribution in [0.2, 0.25) is 5.02 Å². The van der Waals surface area contributed by atoms with Crippen LogP contribution >= 0.6 is 27.5 Å². The molecule has 0 unspecified atom stereocenters. The summed E-state index contributed by atoms with van der Waals surface area (Å²) in [5.74, 6) is 1.19. The summed E-state index contributed by atoms with van der Waals surface area (Å²) < 4.78 is 11.8. The van der Waals surface area contributed by atoms with Gasteiger partial charge in [-0.2, -0.15) is 0 Å². The average molecular weight is 468 g/mol. The van der Waals surface area contributed by atoms with E-state index in [0.29, 0.717) is 52.9 Å². The first kappa shape index (κ1) is 19.0. The lowest BCUT2D eigenvalue weighted by molar-refractivity contribution is -0.384. The summed E-state index contributed by atoms with van der Waals surface area (Å²) in [7, 11) is 0. The standard InChI is InChI=1S/C19H16BrClN2O5/c20-14-7-12(8-17-18(14)28-6-5-27-17)19(24)22(10-11-1-2-11)13-3-4-15(21)16(9-13)23(25)26/h3-4,7-9,11H,1-2,5-6,10H2. The molecule has 1 fully saturated rings. The first-order chi connectivity index (χ1) is 13.4. The molecule has 0 N–H and O–H groups in total. The number of nitrogens with zero attached hydrogens (tertiary/aromatic N) is 2. The van der Waals surface area contributed by atoms with Crippen molar-refractivity contribution in [3.8, 4) is 11.5 Å². The van der Waals surface area contributed by atoms with Crippen molar-refractivity contribution in [1.29, 1.82) is 0 Å². The Labute approximate surface area is 174 Å². The highest BCUT2D eigenvalue weighted by Crippen LogP contribution is 2.40. The van der Waals surface area contributed by atoms with E-state index in [2.05, 4.69) is 15.9 Å². The van der Waals surface area contributed by atoms with Gasteiger partial charge >= 0.3 is 0 Å². The smallest absolute Gasteiger partial charge is 0.289 e. The zero-order chi connectivity index (χ0) is 19.8. The van der Waals surface area contributed by atoms with Gasteiger partial charge < -0.3 is 14.4 Å². The summed E-state index contributed by atoms with van der Waals surface area (Å²) >= 11 is 9.36. The van der Waals surface area contributed by atoms with E-state index in [1.54, 1.807) is 23.1 Å². The first-order valence-electron chi connectivity index (χ1n) is 8.79. The van der Waals surface area contributed by atoms with Crippen molar-refractivity contribution in [3.63, 3.8) is 0 Å². The molecule has 0 radical (unpaired) electrons. The van der Waals surface area contributed by atoms with Gasteiger partial charge in [-0.15, -0.1) is 0 Å². The second-order valence-electron chi connectivity index (χ2n) is 6.73. The molecule has 1 aliphatic heterocycles. The Kier molecular flexibility index (Phi) is 5.16. The maximum atomic E-state index is 13.3. The number of rotatable bonds is 5. The van der Waals surface area contributed by atoms with Crippen LogP contribution in [-0.4, -0.2) is 30.6 Å². The number of hydrogen-bond donors (Lipinski definition) is 0. The Morgan fingerprint density at radius 3 is 2.71 bits per heavy atom. The minimum absolute atomic E-state index is 0.0367. The third-order valence-corrected chi connectivity index (χ3v) is 5.57. The van der Waals surface area contributed by atoms with Gasteiger partial charge in [-0.25, -0.2) is 0 Å². The highest BCUT2D eigenvalue weighted by atomic mass is 79.9. The maximum absolute atomic E-state index is 13.3. The molecule has 0 aromatic heterocycles. The predicted molar refractivity (Wildman–Crippen MR) is 108 cm³/mol. The van der Waals surface area contributed by atoms with E-state index in [-0.39, 0.29) is 16.6 Å². The van der Waals surface area contributed by atoms with Crippen molar-refractivity contribution < 1.29 is 19.2 Å². The Morgan fingerprint density at radius 2 is 2.00 bits per heavy atom. The van der Waals surface area contributed by atoms with Crippen LogP contribution in [0.15, 0.2) is 34.8 Å². The highest BCUT2D eigenvalue weighted by Gasteiger charge is 2.30.